The minimum Gasteiger partial charge on any atom is -0.337 e. The van der Waals surface area contributed by atoms with Crippen molar-refractivity contribution in [1.82, 2.24) is 19.7 Å². The van der Waals surface area contributed by atoms with Gasteiger partial charge < -0.3 is 9.09 Å². The molecule has 1 aromatic carbocycles. The molecule has 4 rings (SSSR count). The Morgan fingerprint density at radius 2 is 1.96 bits per heavy atom. The number of benzene rings is 1. The van der Waals surface area contributed by atoms with Gasteiger partial charge in [0.2, 0.25) is 17.5 Å². The molecule has 0 saturated carbocycles. The van der Waals surface area contributed by atoms with Gasteiger partial charge in [-0.15, -0.1) is 0 Å². The summed E-state index contributed by atoms with van der Waals surface area (Å²) in [6, 6.07) is 8.22. The van der Waals surface area contributed by atoms with E-state index in [0.29, 0.717) is 11.3 Å². The van der Waals surface area contributed by atoms with Crippen LogP contribution in [0.1, 0.15) is 11.7 Å². The van der Waals surface area contributed by atoms with Gasteiger partial charge in [-0.1, -0.05) is 17.3 Å². The van der Waals surface area contributed by atoms with Crippen LogP contribution in [-0.2, 0) is 12.7 Å². The fraction of sp³-hybridized carbons (Fsp3) is 0.133. The van der Waals surface area contributed by atoms with Crippen molar-refractivity contribution in [1.29, 1.82) is 0 Å². The van der Waals surface area contributed by atoms with E-state index in [1.165, 1.54) is 17.4 Å². The largest absolute Gasteiger partial charge is 0.449 e. The molecular weight excluding hydrogens is 341 g/mol. The van der Waals surface area contributed by atoms with E-state index in [2.05, 4.69) is 15.1 Å². The van der Waals surface area contributed by atoms with Crippen LogP contribution in [0.15, 0.2) is 45.6 Å². The normalized spacial score (nSPS) is 12.1. The third-order valence-electron chi connectivity index (χ3n) is 3.45. The second-order valence-electron chi connectivity index (χ2n) is 5.03. The summed E-state index contributed by atoms with van der Waals surface area (Å²) in [5, 5.41) is 7.51. The van der Waals surface area contributed by atoms with Crippen LogP contribution >= 0.6 is 11.3 Å². The first-order valence-electron chi connectivity index (χ1n) is 6.90. The summed E-state index contributed by atoms with van der Waals surface area (Å²) in [6.45, 7) is -0.202. The molecule has 4 aromatic rings. The van der Waals surface area contributed by atoms with E-state index >= 15 is 0 Å². The Labute approximate surface area is 137 Å². The van der Waals surface area contributed by atoms with Gasteiger partial charge in [0.15, 0.2) is 0 Å². The average molecular weight is 350 g/mol. The third kappa shape index (κ3) is 2.56. The molecule has 3 heterocycles. The van der Waals surface area contributed by atoms with Gasteiger partial charge in [0.1, 0.15) is 6.54 Å². The van der Waals surface area contributed by atoms with Crippen LogP contribution in [0.4, 0.5) is 13.2 Å². The predicted octanol–water partition coefficient (Wildman–Crippen LogP) is 4.21. The van der Waals surface area contributed by atoms with E-state index < -0.39 is 12.0 Å². The van der Waals surface area contributed by atoms with E-state index in [1.54, 1.807) is 18.2 Å². The fourth-order valence-corrected chi connectivity index (χ4v) is 3.05. The number of hydrogen-bond acceptors (Lipinski definition) is 5. The monoisotopic (exact) mass is 350 g/mol. The number of fused-ring (bicyclic) bond motifs is 1. The molecule has 0 fully saturated rings. The number of imidazole rings is 1. The number of aromatic nitrogens is 4. The van der Waals surface area contributed by atoms with Crippen molar-refractivity contribution < 1.29 is 17.7 Å². The Morgan fingerprint density at radius 1 is 1.12 bits per heavy atom. The molecule has 0 radical (unpaired) electrons. The highest BCUT2D eigenvalue weighted by molar-refractivity contribution is 7.08. The lowest BCUT2D eigenvalue weighted by atomic mass is 10.3. The minimum atomic E-state index is -4.57. The first-order valence-corrected chi connectivity index (χ1v) is 7.84. The first-order chi connectivity index (χ1) is 11.5. The number of hydrogen-bond donors (Lipinski definition) is 0. The quantitative estimate of drug-likeness (QED) is 0.555. The Hall–Kier alpha value is -2.68. The summed E-state index contributed by atoms with van der Waals surface area (Å²) in [5.74, 6) is -0.548. The molecule has 3 aromatic heterocycles. The molecule has 122 valence electrons. The van der Waals surface area contributed by atoms with Crippen molar-refractivity contribution in [2.24, 2.45) is 0 Å². The molecular formula is C15H9F3N4OS. The summed E-state index contributed by atoms with van der Waals surface area (Å²) in [5.41, 5.74) is 1.39. The molecule has 0 aliphatic carbocycles. The van der Waals surface area contributed by atoms with Gasteiger partial charge in [0.05, 0.1) is 11.0 Å². The van der Waals surface area contributed by atoms with E-state index in [4.69, 9.17) is 4.52 Å². The molecule has 0 aliphatic rings. The first kappa shape index (κ1) is 14.9. The van der Waals surface area contributed by atoms with Gasteiger partial charge in [0.25, 0.3) is 0 Å². The standard InChI is InChI=1S/C15H9F3N4OS/c16-15(17,18)14-19-10-3-1-2-4-11(10)22(14)7-12-20-13(21-23-12)9-5-6-24-8-9/h1-6,8H,7H2. The molecule has 5 nitrogen and oxygen atoms in total. The highest BCUT2D eigenvalue weighted by Crippen LogP contribution is 2.32. The van der Waals surface area contributed by atoms with Crippen LogP contribution in [0.3, 0.4) is 0 Å². The van der Waals surface area contributed by atoms with E-state index in [0.717, 1.165) is 10.1 Å². The Morgan fingerprint density at radius 3 is 2.71 bits per heavy atom. The van der Waals surface area contributed by atoms with Crippen molar-refractivity contribution in [3.05, 3.63) is 52.8 Å². The number of alkyl halides is 3. The average Bonchev–Trinajstić information content (AvgIpc) is 3.26. The van der Waals surface area contributed by atoms with Crippen molar-refractivity contribution in [2.45, 2.75) is 12.7 Å². The van der Waals surface area contributed by atoms with Gasteiger partial charge in [0, 0.05) is 10.9 Å². The third-order valence-corrected chi connectivity index (χ3v) is 4.13. The Kier molecular flexibility index (Phi) is 3.38. The van der Waals surface area contributed by atoms with Crippen molar-refractivity contribution in [3.63, 3.8) is 0 Å². The molecule has 0 aliphatic heterocycles. The topological polar surface area (TPSA) is 56.7 Å². The molecule has 0 spiro atoms. The van der Waals surface area contributed by atoms with Crippen LogP contribution in [-0.4, -0.2) is 19.7 Å². The molecule has 0 amide bonds. The highest BCUT2D eigenvalue weighted by atomic mass is 32.1. The van der Waals surface area contributed by atoms with E-state index in [1.807, 2.05) is 16.8 Å². The van der Waals surface area contributed by atoms with Gasteiger partial charge in [-0.2, -0.15) is 29.5 Å². The zero-order chi connectivity index (χ0) is 16.7. The lowest BCUT2D eigenvalue weighted by Crippen LogP contribution is -2.15. The zero-order valence-electron chi connectivity index (χ0n) is 12.0. The van der Waals surface area contributed by atoms with Crippen LogP contribution in [0.5, 0.6) is 0 Å². The van der Waals surface area contributed by atoms with Crippen LogP contribution in [0.25, 0.3) is 22.4 Å². The molecule has 9 heteroatoms. The van der Waals surface area contributed by atoms with Gasteiger partial charge in [-0.25, -0.2) is 4.98 Å². The number of thiophene rings is 1. The zero-order valence-corrected chi connectivity index (χ0v) is 12.8. The summed E-state index contributed by atoms with van der Waals surface area (Å²) >= 11 is 1.47. The summed E-state index contributed by atoms with van der Waals surface area (Å²) in [4.78, 5) is 7.86. The summed E-state index contributed by atoms with van der Waals surface area (Å²) in [6.07, 6.45) is -4.57. The van der Waals surface area contributed by atoms with Gasteiger partial charge in [-0.05, 0) is 23.6 Å². The van der Waals surface area contributed by atoms with E-state index in [-0.39, 0.29) is 18.0 Å². The molecule has 0 bridgehead atoms. The van der Waals surface area contributed by atoms with Crippen molar-refractivity contribution in [2.75, 3.05) is 0 Å². The van der Waals surface area contributed by atoms with Crippen LogP contribution in [0, 0.1) is 0 Å². The maximum Gasteiger partial charge on any atom is 0.449 e. The summed E-state index contributed by atoms with van der Waals surface area (Å²) in [7, 11) is 0. The smallest absolute Gasteiger partial charge is 0.337 e. The number of para-hydroxylation sites is 2. The molecule has 0 unspecified atom stereocenters. The maximum atomic E-state index is 13.3. The Bertz CT molecular complexity index is 988. The Balaban J connectivity index is 1.77. The molecule has 24 heavy (non-hydrogen) atoms. The summed E-state index contributed by atoms with van der Waals surface area (Å²) < 4.78 is 46.0. The number of rotatable bonds is 3. The van der Waals surface area contributed by atoms with Gasteiger partial charge in [-0.3, -0.25) is 0 Å². The molecule has 0 saturated heterocycles. The van der Waals surface area contributed by atoms with E-state index in [9.17, 15) is 13.2 Å². The lowest BCUT2D eigenvalue weighted by molar-refractivity contribution is -0.146. The van der Waals surface area contributed by atoms with Crippen molar-refractivity contribution in [3.8, 4) is 11.4 Å². The van der Waals surface area contributed by atoms with Crippen LogP contribution in [0.2, 0.25) is 0 Å². The molecule has 0 atom stereocenters. The minimum absolute atomic E-state index is 0.0878. The van der Waals surface area contributed by atoms with Crippen LogP contribution < -0.4 is 0 Å². The number of nitrogens with zero attached hydrogens (tertiary/aromatic N) is 4. The number of halogens is 3. The van der Waals surface area contributed by atoms with Gasteiger partial charge >= 0.3 is 6.18 Å². The second-order valence-corrected chi connectivity index (χ2v) is 5.81. The highest BCUT2D eigenvalue weighted by Gasteiger charge is 2.38. The predicted molar refractivity (Wildman–Crippen MR) is 81.4 cm³/mol. The van der Waals surface area contributed by atoms with Crippen molar-refractivity contribution >= 4 is 22.4 Å². The maximum absolute atomic E-state index is 13.3. The lowest BCUT2D eigenvalue weighted by Gasteiger charge is -2.08. The SMILES string of the molecule is FC(F)(F)c1nc2ccccc2n1Cc1nc(-c2ccsc2)no1. The fourth-order valence-electron chi connectivity index (χ4n) is 2.42. The second kappa shape index (κ2) is 5.45. The molecule has 0 N–H and O–H groups in total.